The van der Waals surface area contributed by atoms with Crippen molar-refractivity contribution in [3.05, 3.63) is 23.8 Å². The van der Waals surface area contributed by atoms with Crippen LogP contribution in [0.5, 0.6) is 5.75 Å². The molecule has 0 N–H and O–H groups in total. The predicted molar refractivity (Wildman–Crippen MR) is 113 cm³/mol. The Bertz CT molecular complexity index is 966. The Hall–Kier alpha value is -2.05. The number of hydrogen-bond acceptors (Lipinski definition) is 7. The van der Waals surface area contributed by atoms with Crippen LogP contribution in [-0.2, 0) is 19.7 Å². The predicted octanol–water partition coefficient (Wildman–Crippen LogP) is 0.154. The minimum absolute atomic E-state index is 0.143. The number of morpholine rings is 1. The Labute approximate surface area is 182 Å². The molecule has 4 rings (SSSR count). The van der Waals surface area contributed by atoms with Crippen molar-refractivity contribution in [3.63, 3.8) is 0 Å². The second-order valence-electron chi connectivity index (χ2n) is 8.19. The summed E-state index contributed by atoms with van der Waals surface area (Å²) in [5.41, 5.74) is 0.892. The van der Waals surface area contributed by atoms with Gasteiger partial charge in [-0.1, -0.05) is 0 Å². The molecule has 0 bridgehead atoms. The Kier molecular flexibility index (Phi) is 6.05. The Morgan fingerprint density at radius 1 is 1.03 bits per heavy atom. The van der Waals surface area contributed by atoms with Crippen molar-refractivity contribution in [2.45, 2.75) is 26.1 Å². The van der Waals surface area contributed by atoms with Crippen molar-refractivity contribution in [2.24, 2.45) is 0 Å². The summed E-state index contributed by atoms with van der Waals surface area (Å²) >= 11 is 0. The van der Waals surface area contributed by atoms with Crippen LogP contribution in [0.3, 0.4) is 0 Å². The number of fused-ring (bicyclic) bond motifs is 1. The van der Waals surface area contributed by atoms with Gasteiger partial charge in [0.25, 0.3) is 16.0 Å². The molecule has 10 nitrogen and oxygen atoms in total. The van der Waals surface area contributed by atoms with Gasteiger partial charge in [-0.3, -0.25) is 19.4 Å². The average molecular weight is 453 g/mol. The summed E-state index contributed by atoms with van der Waals surface area (Å²) in [5, 5.41) is 0. The number of benzene rings is 1. The molecule has 2 saturated heterocycles. The number of anilines is 1. The van der Waals surface area contributed by atoms with E-state index in [9.17, 15) is 18.0 Å². The fraction of sp³-hybridized carbons (Fsp3) is 0.600. The maximum absolute atomic E-state index is 13.1. The molecule has 0 aromatic heterocycles. The molecule has 11 heteroatoms. The number of methoxy groups -OCH3 is 1. The van der Waals surface area contributed by atoms with Crippen molar-refractivity contribution in [2.75, 3.05) is 57.9 Å². The van der Waals surface area contributed by atoms with Crippen molar-refractivity contribution in [1.82, 2.24) is 13.5 Å². The molecule has 1 aromatic carbocycles. The Balaban J connectivity index is 1.41. The summed E-state index contributed by atoms with van der Waals surface area (Å²) in [6.45, 7) is 6.23. The second-order valence-corrected chi connectivity index (χ2v) is 10.1. The van der Waals surface area contributed by atoms with E-state index in [0.29, 0.717) is 56.3 Å². The Morgan fingerprint density at radius 2 is 1.68 bits per heavy atom. The van der Waals surface area contributed by atoms with Crippen LogP contribution in [0.4, 0.5) is 5.69 Å². The smallest absolute Gasteiger partial charge is 0.300 e. The van der Waals surface area contributed by atoms with Gasteiger partial charge in [-0.15, -0.1) is 0 Å². The van der Waals surface area contributed by atoms with Gasteiger partial charge in [-0.05, 0) is 26.0 Å². The molecule has 0 spiro atoms. The molecule has 0 radical (unpaired) electrons. The van der Waals surface area contributed by atoms with Crippen LogP contribution in [0.15, 0.2) is 18.2 Å². The summed E-state index contributed by atoms with van der Waals surface area (Å²) in [6.07, 6.45) is -0.286. The lowest BCUT2D eigenvalue weighted by Gasteiger charge is -2.40. The van der Waals surface area contributed by atoms with Gasteiger partial charge in [-0.2, -0.15) is 17.0 Å². The fourth-order valence-corrected chi connectivity index (χ4v) is 6.07. The van der Waals surface area contributed by atoms with E-state index in [1.165, 1.54) is 20.6 Å². The molecule has 2 fully saturated rings. The highest BCUT2D eigenvalue weighted by Gasteiger charge is 2.39. The van der Waals surface area contributed by atoms with E-state index in [-0.39, 0.29) is 18.9 Å². The molecule has 1 aromatic rings. The fourth-order valence-electron chi connectivity index (χ4n) is 4.33. The summed E-state index contributed by atoms with van der Waals surface area (Å²) in [4.78, 5) is 28.2. The third-order valence-corrected chi connectivity index (χ3v) is 7.86. The van der Waals surface area contributed by atoms with E-state index >= 15 is 0 Å². The zero-order chi connectivity index (χ0) is 22.3. The van der Waals surface area contributed by atoms with Crippen LogP contribution in [0.2, 0.25) is 0 Å². The van der Waals surface area contributed by atoms with E-state index in [4.69, 9.17) is 9.47 Å². The van der Waals surface area contributed by atoms with Crippen LogP contribution >= 0.6 is 0 Å². The highest BCUT2D eigenvalue weighted by molar-refractivity contribution is 7.86. The number of piperazine rings is 1. The molecular formula is C20H28N4O6S. The van der Waals surface area contributed by atoms with Gasteiger partial charge in [0.1, 0.15) is 5.75 Å². The van der Waals surface area contributed by atoms with Crippen molar-refractivity contribution < 1.29 is 27.5 Å². The highest BCUT2D eigenvalue weighted by Crippen LogP contribution is 2.32. The van der Waals surface area contributed by atoms with Gasteiger partial charge in [0.15, 0.2) is 0 Å². The molecule has 1 amide bonds. The maximum Gasteiger partial charge on any atom is 0.300 e. The van der Waals surface area contributed by atoms with Gasteiger partial charge in [0.05, 0.1) is 37.2 Å². The summed E-state index contributed by atoms with van der Waals surface area (Å²) < 4.78 is 40.0. The maximum atomic E-state index is 13.1. The lowest BCUT2D eigenvalue weighted by molar-refractivity contribution is -0.114. The molecule has 170 valence electrons. The summed E-state index contributed by atoms with van der Waals surface area (Å²) in [6, 6.07) is 4.94. The van der Waals surface area contributed by atoms with E-state index in [1.54, 1.807) is 18.2 Å². The molecule has 2 unspecified atom stereocenters. The molecule has 31 heavy (non-hydrogen) atoms. The molecule has 0 saturated carbocycles. The van der Waals surface area contributed by atoms with Crippen LogP contribution in [0.1, 0.15) is 24.2 Å². The molecule has 3 aliphatic heterocycles. The van der Waals surface area contributed by atoms with Crippen LogP contribution < -0.4 is 9.64 Å². The molecule has 3 heterocycles. The van der Waals surface area contributed by atoms with Crippen LogP contribution in [-0.4, -0.2) is 98.9 Å². The first kappa shape index (κ1) is 22.2. The van der Waals surface area contributed by atoms with Gasteiger partial charge in [0, 0.05) is 45.3 Å². The van der Waals surface area contributed by atoms with Crippen molar-refractivity contribution >= 4 is 27.6 Å². The van der Waals surface area contributed by atoms with Crippen molar-refractivity contribution in [1.29, 1.82) is 0 Å². The zero-order valence-electron chi connectivity index (χ0n) is 18.0. The lowest BCUT2D eigenvalue weighted by Crippen LogP contribution is -2.58. The first-order valence-electron chi connectivity index (χ1n) is 10.4. The minimum atomic E-state index is -3.57. The van der Waals surface area contributed by atoms with Gasteiger partial charge < -0.3 is 9.47 Å². The minimum Gasteiger partial charge on any atom is -0.497 e. The quantitative estimate of drug-likeness (QED) is 0.587. The van der Waals surface area contributed by atoms with Gasteiger partial charge in [-0.25, -0.2) is 0 Å². The highest BCUT2D eigenvalue weighted by atomic mass is 32.2. The standard InChI is InChI=1S/C20H28N4O6S/c1-14-11-23(12-15(2)30-14)31(27,28)22-8-6-21(7-9-22)13-24-18-10-16(29-3)4-5-17(18)19(25)20(24)26/h4-5,10,14-15H,6-9,11-13H2,1-3H3. The number of carbonyl (C=O) groups excluding carboxylic acids is 2. The van der Waals surface area contributed by atoms with Crippen LogP contribution in [0.25, 0.3) is 0 Å². The van der Waals surface area contributed by atoms with Gasteiger partial charge >= 0.3 is 5.91 Å². The summed E-state index contributed by atoms with van der Waals surface area (Å²) in [7, 11) is -2.04. The third kappa shape index (κ3) is 4.20. The number of ether oxygens (including phenoxy) is 2. The average Bonchev–Trinajstić information content (AvgIpc) is 2.97. The van der Waals surface area contributed by atoms with E-state index in [2.05, 4.69) is 0 Å². The van der Waals surface area contributed by atoms with Crippen LogP contribution in [0, 0.1) is 0 Å². The molecular weight excluding hydrogens is 424 g/mol. The number of carbonyl (C=O) groups is 2. The number of hydrogen-bond donors (Lipinski definition) is 0. The normalized spacial score (nSPS) is 26.4. The first-order valence-corrected chi connectivity index (χ1v) is 11.8. The SMILES string of the molecule is COc1ccc2c(c1)N(CN1CCN(S(=O)(=O)N3CC(C)OC(C)C3)CC1)C(=O)C2=O. The zero-order valence-corrected chi connectivity index (χ0v) is 18.8. The number of amides is 1. The number of ketones is 1. The van der Waals surface area contributed by atoms with Crippen molar-refractivity contribution in [3.8, 4) is 5.75 Å². The number of Topliss-reactive ketones (excluding diaryl/α,β-unsaturated/α-hetero) is 1. The first-order chi connectivity index (χ1) is 14.7. The molecule has 3 aliphatic rings. The largest absolute Gasteiger partial charge is 0.497 e. The number of rotatable bonds is 5. The second kappa shape index (κ2) is 8.47. The lowest BCUT2D eigenvalue weighted by atomic mass is 10.1. The van der Waals surface area contributed by atoms with E-state index in [0.717, 1.165) is 0 Å². The molecule has 2 atom stereocenters. The Morgan fingerprint density at radius 3 is 2.29 bits per heavy atom. The summed E-state index contributed by atoms with van der Waals surface area (Å²) in [5.74, 6) is -0.542. The van der Waals surface area contributed by atoms with E-state index < -0.39 is 21.9 Å². The number of nitrogens with zero attached hydrogens (tertiary/aromatic N) is 4. The monoisotopic (exact) mass is 452 g/mol. The third-order valence-electron chi connectivity index (χ3n) is 5.89. The molecule has 0 aliphatic carbocycles. The topological polar surface area (TPSA) is 99.7 Å². The van der Waals surface area contributed by atoms with E-state index in [1.807, 2.05) is 18.7 Å². The van der Waals surface area contributed by atoms with Gasteiger partial charge in [0.2, 0.25) is 0 Å².